The molecule has 0 aliphatic carbocycles. The van der Waals surface area contributed by atoms with Crippen molar-refractivity contribution in [3.8, 4) is 5.75 Å². The van der Waals surface area contributed by atoms with Gasteiger partial charge in [-0.2, -0.15) is 5.10 Å². The number of hydrogen-bond acceptors (Lipinski definition) is 4. The third-order valence-corrected chi connectivity index (χ3v) is 4.03. The van der Waals surface area contributed by atoms with E-state index in [9.17, 15) is 19.1 Å². The Hall–Kier alpha value is -2.90. The van der Waals surface area contributed by atoms with Gasteiger partial charge in [0.25, 0.3) is 5.91 Å². The van der Waals surface area contributed by atoms with Gasteiger partial charge in [-0.3, -0.25) is 9.48 Å². The lowest BCUT2D eigenvalue weighted by Crippen LogP contribution is -2.51. The molecule has 0 fully saturated rings. The van der Waals surface area contributed by atoms with Gasteiger partial charge in [0.05, 0.1) is 5.69 Å². The average molecular weight is 349 g/mol. The summed E-state index contributed by atoms with van der Waals surface area (Å²) in [4.78, 5) is 23.9. The molecular formula is C17H20FN3O4. The molecule has 25 heavy (non-hydrogen) atoms. The quantitative estimate of drug-likeness (QED) is 0.827. The highest BCUT2D eigenvalue weighted by molar-refractivity contribution is 5.88. The summed E-state index contributed by atoms with van der Waals surface area (Å²) in [5, 5.41) is 16.1. The van der Waals surface area contributed by atoms with E-state index in [1.54, 1.807) is 25.6 Å². The number of ether oxygens (including phenoxy) is 1. The second-order valence-corrected chi connectivity index (χ2v) is 5.90. The number of carbonyl (C=O) groups excluding carboxylic acids is 1. The fourth-order valence-electron chi connectivity index (χ4n) is 2.45. The zero-order chi connectivity index (χ0) is 18.8. The van der Waals surface area contributed by atoms with Crippen LogP contribution < -0.4 is 10.1 Å². The summed E-state index contributed by atoms with van der Waals surface area (Å²) in [6.07, 6.45) is 0. The molecule has 1 amide bonds. The number of halogens is 1. The van der Waals surface area contributed by atoms with E-state index in [2.05, 4.69) is 10.4 Å². The molecule has 1 unspecified atom stereocenters. The molecule has 0 spiro atoms. The van der Waals surface area contributed by atoms with Crippen LogP contribution in [0, 0.1) is 19.7 Å². The maximum Gasteiger partial charge on any atom is 0.333 e. The molecule has 8 heteroatoms. The van der Waals surface area contributed by atoms with Gasteiger partial charge in [0, 0.05) is 7.05 Å². The Kier molecular flexibility index (Phi) is 5.10. The standard InChI is InChI=1S/C17H20FN3O4/c1-10-15(11(2)21(4)20-10)25-9-14(22)19-17(3,16(23)24)12-5-7-13(18)8-6-12/h5-8H,9H2,1-4H3,(H,19,22)(H,23,24). The van der Waals surface area contributed by atoms with Crippen molar-refractivity contribution in [3.63, 3.8) is 0 Å². The van der Waals surface area contributed by atoms with Gasteiger partial charge in [-0.15, -0.1) is 0 Å². The maximum atomic E-state index is 13.1. The zero-order valence-electron chi connectivity index (χ0n) is 14.5. The minimum atomic E-state index is -1.70. The van der Waals surface area contributed by atoms with Gasteiger partial charge in [-0.25, -0.2) is 9.18 Å². The van der Waals surface area contributed by atoms with Crippen molar-refractivity contribution < 1.29 is 23.8 Å². The fourth-order valence-corrected chi connectivity index (χ4v) is 2.45. The summed E-state index contributed by atoms with van der Waals surface area (Å²) in [6, 6.07) is 4.92. The van der Waals surface area contributed by atoms with Crippen LogP contribution in [0.1, 0.15) is 23.9 Å². The number of rotatable bonds is 6. The molecule has 134 valence electrons. The van der Waals surface area contributed by atoms with E-state index < -0.39 is 23.2 Å². The summed E-state index contributed by atoms with van der Waals surface area (Å²) in [7, 11) is 1.76. The number of carbonyl (C=O) groups is 2. The molecule has 2 aromatic rings. The van der Waals surface area contributed by atoms with Gasteiger partial charge in [-0.05, 0) is 38.5 Å². The van der Waals surface area contributed by atoms with Gasteiger partial charge < -0.3 is 15.2 Å². The van der Waals surface area contributed by atoms with Crippen LogP contribution in [0.15, 0.2) is 24.3 Å². The molecule has 1 aromatic heterocycles. The number of aliphatic carboxylic acids is 1. The largest absolute Gasteiger partial charge is 0.480 e. The number of hydrogen-bond donors (Lipinski definition) is 2. The third kappa shape index (κ3) is 3.78. The fraction of sp³-hybridized carbons (Fsp3) is 0.353. The van der Waals surface area contributed by atoms with Crippen molar-refractivity contribution in [2.45, 2.75) is 26.3 Å². The lowest BCUT2D eigenvalue weighted by atomic mass is 9.92. The highest BCUT2D eigenvalue weighted by atomic mass is 19.1. The molecule has 1 heterocycles. The molecule has 7 nitrogen and oxygen atoms in total. The predicted molar refractivity (Wildman–Crippen MR) is 87.7 cm³/mol. The summed E-state index contributed by atoms with van der Waals surface area (Å²) < 4.78 is 20.2. The van der Waals surface area contributed by atoms with Crippen molar-refractivity contribution >= 4 is 11.9 Å². The summed E-state index contributed by atoms with van der Waals surface area (Å²) >= 11 is 0. The highest BCUT2D eigenvalue weighted by Crippen LogP contribution is 2.23. The molecule has 2 rings (SSSR count). The minimum Gasteiger partial charge on any atom is -0.480 e. The maximum absolute atomic E-state index is 13.1. The van der Waals surface area contributed by atoms with Crippen LogP contribution in [-0.2, 0) is 22.2 Å². The Morgan fingerprint density at radius 3 is 2.40 bits per heavy atom. The minimum absolute atomic E-state index is 0.253. The molecular weight excluding hydrogens is 329 g/mol. The predicted octanol–water partition coefficient (Wildman–Crippen LogP) is 1.67. The van der Waals surface area contributed by atoms with Gasteiger partial charge in [0.15, 0.2) is 17.9 Å². The van der Waals surface area contributed by atoms with E-state index in [0.29, 0.717) is 11.4 Å². The van der Waals surface area contributed by atoms with Crippen LogP contribution in [0.2, 0.25) is 0 Å². The molecule has 0 bridgehead atoms. The van der Waals surface area contributed by atoms with Gasteiger partial charge >= 0.3 is 5.97 Å². The smallest absolute Gasteiger partial charge is 0.333 e. The van der Waals surface area contributed by atoms with E-state index in [1.165, 1.54) is 19.1 Å². The summed E-state index contributed by atoms with van der Waals surface area (Å²) in [5.41, 5.74) is -0.0617. The van der Waals surface area contributed by atoms with Gasteiger partial charge in [0.1, 0.15) is 11.5 Å². The normalized spacial score (nSPS) is 13.2. The van der Waals surface area contributed by atoms with E-state index >= 15 is 0 Å². The first kappa shape index (κ1) is 18.4. The second-order valence-electron chi connectivity index (χ2n) is 5.90. The van der Waals surface area contributed by atoms with Gasteiger partial charge in [0.2, 0.25) is 0 Å². The van der Waals surface area contributed by atoms with Crippen molar-refractivity contribution in [3.05, 3.63) is 47.0 Å². The van der Waals surface area contributed by atoms with Crippen molar-refractivity contribution in [1.82, 2.24) is 15.1 Å². The van der Waals surface area contributed by atoms with E-state index in [-0.39, 0.29) is 12.2 Å². The topological polar surface area (TPSA) is 93.5 Å². The first-order valence-electron chi connectivity index (χ1n) is 7.58. The number of benzene rings is 1. The van der Waals surface area contributed by atoms with Crippen LogP contribution in [0.5, 0.6) is 5.75 Å². The number of carboxylic acid groups (broad SMARTS) is 1. The number of nitrogens with one attached hydrogen (secondary N) is 1. The monoisotopic (exact) mass is 349 g/mol. The molecule has 2 N–H and O–H groups in total. The number of carboxylic acids is 1. The molecule has 0 saturated carbocycles. The molecule has 0 aliphatic rings. The molecule has 1 aromatic carbocycles. The Bertz CT molecular complexity index is 801. The van der Waals surface area contributed by atoms with Crippen LogP contribution in [0.3, 0.4) is 0 Å². The van der Waals surface area contributed by atoms with Crippen molar-refractivity contribution in [2.24, 2.45) is 7.05 Å². The Morgan fingerprint density at radius 2 is 1.92 bits per heavy atom. The average Bonchev–Trinajstić information content (AvgIpc) is 2.78. The Labute approximate surface area is 144 Å². The molecule has 0 radical (unpaired) electrons. The third-order valence-electron chi connectivity index (χ3n) is 4.03. The van der Waals surface area contributed by atoms with Crippen LogP contribution in [0.25, 0.3) is 0 Å². The molecule has 0 aliphatic heterocycles. The molecule has 1 atom stereocenters. The van der Waals surface area contributed by atoms with Crippen LogP contribution >= 0.6 is 0 Å². The Balaban J connectivity index is 2.13. The number of nitrogens with zero attached hydrogens (tertiary/aromatic N) is 2. The zero-order valence-corrected chi connectivity index (χ0v) is 14.5. The number of amides is 1. The Morgan fingerprint density at radius 1 is 1.32 bits per heavy atom. The van der Waals surface area contributed by atoms with E-state index in [0.717, 1.165) is 17.8 Å². The van der Waals surface area contributed by atoms with Gasteiger partial charge in [-0.1, -0.05) is 12.1 Å². The van der Waals surface area contributed by atoms with E-state index in [1.807, 2.05) is 0 Å². The first-order chi connectivity index (χ1) is 11.6. The highest BCUT2D eigenvalue weighted by Gasteiger charge is 2.37. The lowest BCUT2D eigenvalue weighted by molar-refractivity contribution is -0.147. The van der Waals surface area contributed by atoms with Crippen LogP contribution in [0.4, 0.5) is 4.39 Å². The summed E-state index contributed by atoms with van der Waals surface area (Å²) in [6.45, 7) is 4.52. The van der Waals surface area contributed by atoms with Crippen LogP contribution in [-0.4, -0.2) is 33.4 Å². The van der Waals surface area contributed by atoms with Crippen molar-refractivity contribution in [1.29, 1.82) is 0 Å². The second kappa shape index (κ2) is 6.92. The van der Waals surface area contributed by atoms with Crippen molar-refractivity contribution in [2.75, 3.05) is 6.61 Å². The number of aromatic nitrogens is 2. The first-order valence-corrected chi connectivity index (χ1v) is 7.58. The van der Waals surface area contributed by atoms with E-state index in [4.69, 9.17) is 4.74 Å². The SMILES string of the molecule is Cc1nn(C)c(C)c1OCC(=O)NC(C)(C(=O)O)c1ccc(F)cc1. The lowest BCUT2D eigenvalue weighted by Gasteiger charge is -2.26. The summed E-state index contributed by atoms with van der Waals surface area (Å²) in [5.74, 6) is -1.89. The molecule has 0 saturated heterocycles. The number of aryl methyl sites for hydroxylation is 2.